The van der Waals surface area contributed by atoms with Crippen LogP contribution in [0, 0.1) is 0 Å². The van der Waals surface area contributed by atoms with E-state index in [4.69, 9.17) is 4.74 Å². The summed E-state index contributed by atoms with van der Waals surface area (Å²) in [5.41, 5.74) is 1.87. The maximum atomic E-state index is 13.1. The van der Waals surface area contributed by atoms with Gasteiger partial charge in [0.1, 0.15) is 17.5 Å². The largest absolute Gasteiger partial charge is 0.494 e. The third-order valence-electron chi connectivity index (χ3n) is 6.79. The molecular weight excluding hydrogens is 490 g/mol. The molecule has 11 heteroatoms. The highest BCUT2D eigenvalue weighted by Gasteiger charge is 2.20. The number of carbonyl (C=O) groups is 1. The van der Waals surface area contributed by atoms with Gasteiger partial charge in [-0.3, -0.25) is 14.3 Å². The molecule has 3 aromatic heterocycles. The summed E-state index contributed by atoms with van der Waals surface area (Å²) in [5.74, 6) is 0.490. The Bertz CT molecular complexity index is 1410. The van der Waals surface area contributed by atoms with Crippen molar-refractivity contribution in [1.82, 2.24) is 25.2 Å². The number of amides is 1. The predicted molar refractivity (Wildman–Crippen MR) is 144 cm³/mol. The Hall–Kier alpha value is -3.67. The van der Waals surface area contributed by atoms with Crippen LogP contribution >= 0.6 is 11.3 Å². The second-order valence-corrected chi connectivity index (χ2v) is 10.1. The van der Waals surface area contributed by atoms with Crippen LogP contribution in [0.2, 0.25) is 0 Å². The van der Waals surface area contributed by atoms with Gasteiger partial charge < -0.3 is 30.7 Å². The minimum absolute atomic E-state index is 0.0697. The van der Waals surface area contributed by atoms with Gasteiger partial charge in [-0.1, -0.05) is 0 Å². The van der Waals surface area contributed by atoms with Gasteiger partial charge in [-0.2, -0.15) is 0 Å². The van der Waals surface area contributed by atoms with E-state index in [0.29, 0.717) is 16.2 Å². The van der Waals surface area contributed by atoms with Crippen molar-refractivity contribution in [3.8, 4) is 16.8 Å². The molecule has 4 aromatic rings. The average molecular weight is 520 g/mol. The first-order chi connectivity index (χ1) is 18.2. The summed E-state index contributed by atoms with van der Waals surface area (Å²) in [5, 5.41) is 24.4. The quantitative estimate of drug-likeness (QED) is 0.307. The van der Waals surface area contributed by atoms with Crippen LogP contribution in [0.3, 0.4) is 0 Å². The molecule has 4 N–H and O–H groups in total. The summed E-state index contributed by atoms with van der Waals surface area (Å²) in [6.45, 7) is 5.41. The smallest absolute Gasteiger partial charge is 0.275 e. The highest BCUT2D eigenvalue weighted by molar-refractivity contribution is 7.12. The maximum absolute atomic E-state index is 13.1. The van der Waals surface area contributed by atoms with Crippen LogP contribution in [0.5, 0.6) is 11.6 Å². The number of thiazole rings is 1. The van der Waals surface area contributed by atoms with Crippen molar-refractivity contribution in [2.24, 2.45) is 0 Å². The molecule has 6 rings (SSSR count). The molecule has 192 valence electrons. The third-order valence-corrected chi connectivity index (χ3v) is 7.63. The first-order valence-electron chi connectivity index (χ1n) is 12.5. The second kappa shape index (κ2) is 10.4. The number of piperazine rings is 1. The fraction of sp³-hybridized carbons (Fsp3) is 0.346. The van der Waals surface area contributed by atoms with Gasteiger partial charge in [0.05, 0.1) is 17.6 Å². The molecule has 1 amide bonds. The van der Waals surface area contributed by atoms with E-state index in [2.05, 4.69) is 30.8 Å². The fourth-order valence-electron chi connectivity index (χ4n) is 4.83. The van der Waals surface area contributed by atoms with E-state index >= 15 is 0 Å². The van der Waals surface area contributed by atoms with Gasteiger partial charge in [-0.05, 0) is 50.2 Å². The number of benzene rings is 1. The lowest BCUT2D eigenvalue weighted by Gasteiger charge is -2.30. The highest BCUT2D eigenvalue weighted by atomic mass is 32.1. The van der Waals surface area contributed by atoms with Gasteiger partial charge in [0.2, 0.25) is 5.88 Å². The molecule has 0 radical (unpaired) electrons. The standard InChI is InChI=1S/C26H29N7O3S/c34-24(30-21-14-29-8-5-23(21)32-11-9-28-10-12-32)22-16-37-26(31-22)33-15-17-1-2-19(13-20(17)25(33)35)36-18-3-6-27-7-4-18/h1-2,5,8,13-16,18,27-28,35H,3-4,6-7,9-12H2,(H,30,34). The lowest BCUT2D eigenvalue weighted by Crippen LogP contribution is -2.43. The van der Waals surface area contributed by atoms with Crippen LogP contribution < -0.4 is 25.6 Å². The van der Waals surface area contributed by atoms with E-state index < -0.39 is 0 Å². The number of hydrogen-bond acceptors (Lipinski definition) is 9. The predicted octanol–water partition coefficient (Wildman–Crippen LogP) is 2.98. The number of hydrogen-bond donors (Lipinski definition) is 4. The minimum Gasteiger partial charge on any atom is -0.494 e. The summed E-state index contributed by atoms with van der Waals surface area (Å²) < 4.78 is 7.75. The molecule has 0 atom stereocenters. The van der Waals surface area contributed by atoms with Crippen LogP contribution in [-0.4, -0.2) is 70.9 Å². The Balaban J connectivity index is 1.20. The Morgan fingerprint density at radius 2 is 1.95 bits per heavy atom. The first kappa shape index (κ1) is 23.7. The Kier molecular flexibility index (Phi) is 6.64. The zero-order valence-corrected chi connectivity index (χ0v) is 21.1. The maximum Gasteiger partial charge on any atom is 0.275 e. The lowest BCUT2D eigenvalue weighted by molar-refractivity contribution is 0.102. The van der Waals surface area contributed by atoms with Crippen molar-refractivity contribution >= 4 is 39.4 Å². The average Bonchev–Trinajstić information content (AvgIpc) is 3.55. The molecule has 5 heterocycles. The fourth-order valence-corrected chi connectivity index (χ4v) is 5.61. The van der Waals surface area contributed by atoms with Gasteiger partial charge in [-0.25, -0.2) is 4.98 Å². The van der Waals surface area contributed by atoms with Crippen LogP contribution in [0.1, 0.15) is 23.3 Å². The van der Waals surface area contributed by atoms with E-state index in [1.807, 2.05) is 30.5 Å². The molecule has 2 aliphatic rings. The SMILES string of the molecule is O=C(Nc1cnccc1N1CCNCC1)c1csc(-n2cc3ccc(OC4CCNCC4)cc3c2O)n1. The zero-order valence-electron chi connectivity index (χ0n) is 20.3. The highest BCUT2D eigenvalue weighted by Crippen LogP contribution is 2.34. The number of fused-ring (bicyclic) bond motifs is 1. The Morgan fingerprint density at radius 1 is 1.14 bits per heavy atom. The first-order valence-corrected chi connectivity index (χ1v) is 13.4. The summed E-state index contributed by atoms with van der Waals surface area (Å²) in [7, 11) is 0. The van der Waals surface area contributed by atoms with Crippen molar-refractivity contribution in [2.75, 3.05) is 49.5 Å². The van der Waals surface area contributed by atoms with Crippen molar-refractivity contribution in [3.05, 3.63) is 53.9 Å². The molecule has 2 fully saturated rings. The Labute approximate surface area is 218 Å². The molecule has 2 aliphatic heterocycles. The number of anilines is 2. The molecular formula is C26H29N7O3S. The van der Waals surface area contributed by atoms with E-state index in [1.54, 1.807) is 22.3 Å². The van der Waals surface area contributed by atoms with Crippen LogP contribution in [0.15, 0.2) is 48.2 Å². The molecule has 0 spiro atoms. The van der Waals surface area contributed by atoms with Gasteiger partial charge >= 0.3 is 0 Å². The number of aromatic nitrogens is 3. The van der Waals surface area contributed by atoms with E-state index in [-0.39, 0.29) is 23.6 Å². The minimum atomic E-state index is -0.319. The molecule has 37 heavy (non-hydrogen) atoms. The number of nitrogens with zero attached hydrogens (tertiary/aromatic N) is 4. The molecule has 0 saturated carbocycles. The number of nitrogens with one attached hydrogen (secondary N) is 3. The van der Waals surface area contributed by atoms with Gasteiger partial charge in [0, 0.05) is 54.7 Å². The van der Waals surface area contributed by atoms with E-state index in [9.17, 15) is 9.90 Å². The summed E-state index contributed by atoms with van der Waals surface area (Å²) in [4.78, 5) is 24.0. The summed E-state index contributed by atoms with van der Waals surface area (Å²) >= 11 is 1.29. The summed E-state index contributed by atoms with van der Waals surface area (Å²) in [6.07, 6.45) is 7.32. The van der Waals surface area contributed by atoms with Gasteiger partial charge in [-0.15, -0.1) is 11.3 Å². The van der Waals surface area contributed by atoms with Crippen molar-refractivity contribution in [3.63, 3.8) is 0 Å². The molecule has 0 bridgehead atoms. The number of pyridine rings is 1. The normalized spacial score (nSPS) is 16.7. The third kappa shape index (κ3) is 4.97. The second-order valence-electron chi connectivity index (χ2n) is 9.24. The number of piperidine rings is 1. The lowest BCUT2D eigenvalue weighted by atomic mass is 10.1. The number of aromatic hydroxyl groups is 1. The van der Waals surface area contributed by atoms with Gasteiger partial charge in [0.15, 0.2) is 5.13 Å². The van der Waals surface area contributed by atoms with Crippen LogP contribution in [-0.2, 0) is 0 Å². The van der Waals surface area contributed by atoms with Crippen molar-refractivity contribution in [1.29, 1.82) is 0 Å². The van der Waals surface area contributed by atoms with E-state index in [1.165, 1.54) is 11.3 Å². The van der Waals surface area contributed by atoms with Crippen LogP contribution in [0.4, 0.5) is 11.4 Å². The Morgan fingerprint density at radius 3 is 2.78 bits per heavy atom. The van der Waals surface area contributed by atoms with E-state index in [0.717, 1.165) is 68.9 Å². The molecule has 10 nitrogen and oxygen atoms in total. The zero-order chi connectivity index (χ0) is 25.2. The van der Waals surface area contributed by atoms with Crippen molar-refractivity contribution in [2.45, 2.75) is 18.9 Å². The number of rotatable bonds is 6. The number of ether oxygens (including phenoxy) is 1. The van der Waals surface area contributed by atoms with Gasteiger partial charge in [0.25, 0.3) is 5.91 Å². The monoisotopic (exact) mass is 519 g/mol. The molecule has 2 saturated heterocycles. The molecule has 0 aliphatic carbocycles. The van der Waals surface area contributed by atoms with Crippen LogP contribution in [0.25, 0.3) is 15.9 Å². The molecule has 0 unspecified atom stereocenters. The summed E-state index contributed by atoms with van der Waals surface area (Å²) in [6, 6.07) is 7.65. The molecule has 1 aromatic carbocycles. The van der Waals surface area contributed by atoms with Crippen molar-refractivity contribution < 1.29 is 14.6 Å². The number of carbonyl (C=O) groups excluding carboxylic acids is 1. The topological polar surface area (TPSA) is 117 Å².